The third-order valence-corrected chi connectivity index (χ3v) is 15.4. The third-order valence-electron chi connectivity index (χ3n) is 15.4. The zero-order valence-corrected chi connectivity index (χ0v) is 48.4. The van der Waals surface area contributed by atoms with E-state index in [1.54, 1.807) is 26.8 Å². The van der Waals surface area contributed by atoms with E-state index >= 15 is 4.39 Å². The van der Waals surface area contributed by atoms with Gasteiger partial charge in [-0.15, -0.1) is 0 Å². The van der Waals surface area contributed by atoms with Gasteiger partial charge < -0.3 is 75.5 Å². The molecule has 0 radical (unpaired) electrons. The van der Waals surface area contributed by atoms with Crippen LogP contribution in [0.3, 0.4) is 0 Å². The molecule has 8 rings (SSSR count). The number of aryl methyl sites for hydroxylation is 1. The van der Waals surface area contributed by atoms with Gasteiger partial charge in [0.2, 0.25) is 47.3 Å². The van der Waals surface area contributed by atoms with Crippen LogP contribution in [0.25, 0.3) is 22.3 Å². The van der Waals surface area contributed by atoms with Gasteiger partial charge >= 0.3 is 5.97 Å². The number of nitrogens with zero attached hydrogens (tertiary/aromatic N) is 4. The van der Waals surface area contributed by atoms with Crippen LogP contribution in [-0.4, -0.2) is 201 Å². The molecule has 1 fully saturated rings. The van der Waals surface area contributed by atoms with Crippen LogP contribution in [0.1, 0.15) is 79.0 Å². The number of cyclic esters (lactones) is 1. The Morgan fingerprint density at radius 1 is 0.713 bits per heavy atom. The summed E-state index contributed by atoms with van der Waals surface area (Å²) in [6.07, 6.45) is 3.31. The third kappa shape index (κ3) is 15.3. The van der Waals surface area contributed by atoms with Gasteiger partial charge in [-0.1, -0.05) is 13.8 Å². The van der Waals surface area contributed by atoms with E-state index in [1.165, 1.54) is 15.5 Å². The average Bonchev–Trinajstić information content (AvgIpc) is 2.18. The molecule has 3 aromatic rings. The summed E-state index contributed by atoms with van der Waals surface area (Å²) in [4.78, 5) is 158. The molecule has 1 aromatic carbocycles. The molecule has 3 atom stereocenters. The van der Waals surface area contributed by atoms with Crippen LogP contribution in [-0.2, 0) is 102 Å². The second kappa shape index (κ2) is 29.2. The average molecular weight is 1220 g/mol. The monoisotopic (exact) mass is 1220 g/mol. The minimum Gasteiger partial charge on any atom is -0.458 e. The topological polar surface area (TPSA) is 380 Å². The maximum absolute atomic E-state index is 15.5. The molecule has 87 heavy (non-hydrogen) atoms. The molecule has 1 unspecified atom stereocenters. The molecule has 2 aromatic heterocycles. The molecule has 0 saturated carbocycles. The van der Waals surface area contributed by atoms with Gasteiger partial charge in [0.1, 0.15) is 18.5 Å². The highest BCUT2D eigenvalue weighted by Gasteiger charge is 2.49. The van der Waals surface area contributed by atoms with Gasteiger partial charge in [0.05, 0.1) is 121 Å². The van der Waals surface area contributed by atoms with Crippen molar-refractivity contribution >= 4 is 75.9 Å². The fourth-order valence-electron chi connectivity index (χ4n) is 10.6. The number of aliphatic hydroxyl groups is 1. The molecule has 1 aliphatic carbocycles. The second-order valence-electron chi connectivity index (χ2n) is 21.4. The highest BCUT2D eigenvalue weighted by atomic mass is 19.1. The number of rotatable bonds is 31. The van der Waals surface area contributed by atoms with Crippen molar-refractivity contribution < 1.29 is 85.9 Å². The summed E-state index contributed by atoms with van der Waals surface area (Å²) in [6, 6.07) is 1.33. The number of esters is 1. The summed E-state index contributed by atoms with van der Waals surface area (Å²) in [7, 11) is 0. The molecule has 1 saturated heterocycles. The number of hydrogen-bond acceptors (Lipinski definition) is 19. The van der Waals surface area contributed by atoms with Crippen molar-refractivity contribution in [2.75, 3.05) is 105 Å². The van der Waals surface area contributed by atoms with E-state index in [4.69, 9.17) is 28.7 Å². The van der Waals surface area contributed by atoms with Crippen molar-refractivity contribution in [1.29, 1.82) is 0 Å². The zero-order valence-electron chi connectivity index (χ0n) is 48.4. The van der Waals surface area contributed by atoms with Gasteiger partial charge in [0.25, 0.3) is 17.4 Å². The maximum atomic E-state index is 15.5. The Labute approximate surface area is 497 Å². The Bertz CT molecular complexity index is 3310. The summed E-state index contributed by atoms with van der Waals surface area (Å²) >= 11 is 0. The molecular formula is C57H70FN11O18. The number of carbonyl (C=O) groups excluding carboxylic acids is 11. The van der Waals surface area contributed by atoms with Crippen LogP contribution >= 0.6 is 0 Å². The van der Waals surface area contributed by atoms with E-state index in [0.29, 0.717) is 77.0 Å². The van der Waals surface area contributed by atoms with Crippen LogP contribution in [0.4, 0.5) is 4.39 Å². The number of aromatic nitrogens is 2. The van der Waals surface area contributed by atoms with Crippen LogP contribution in [0.2, 0.25) is 0 Å². The Morgan fingerprint density at radius 3 is 1.86 bits per heavy atom. The lowest BCUT2D eigenvalue weighted by atomic mass is 9.79. The summed E-state index contributed by atoms with van der Waals surface area (Å²) < 4.78 is 43.8. The van der Waals surface area contributed by atoms with Crippen LogP contribution in [0, 0.1) is 18.7 Å². The normalized spacial score (nSPS) is 17.9. The smallest absolute Gasteiger partial charge is 0.343 e. The number of likely N-dealkylation sites (tertiary alicyclic amines) is 1. The van der Waals surface area contributed by atoms with E-state index in [0.717, 1.165) is 17.1 Å². The summed E-state index contributed by atoms with van der Waals surface area (Å²) in [5.74, 6) is -7.64. The Morgan fingerprint density at radius 2 is 1.28 bits per heavy atom. The van der Waals surface area contributed by atoms with Gasteiger partial charge in [-0.25, -0.2) is 14.2 Å². The molecule has 5 aliphatic rings. The predicted molar refractivity (Wildman–Crippen MR) is 300 cm³/mol. The van der Waals surface area contributed by atoms with Gasteiger partial charge in [0, 0.05) is 67.2 Å². The quantitative estimate of drug-likeness (QED) is 0.0141. The fourth-order valence-corrected chi connectivity index (χ4v) is 10.6. The zero-order chi connectivity index (χ0) is 62.5. The van der Waals surface area contributed by atoms with Crippen molar-refractivity contribution in [3.63, 3.8) is 0 Å². The predicted octanol–water partition coefficient (Wildman–Crippen LogP) is -3.05. The van der Waals surface area contributed by atoms with Crippen LogP contribution < -0.4 is 42.8 Å². The molecule has 30 heteroatoms. The molecule has 468 valence electrons. The largest absolute Gasteiger partial charge is 0.458 e. The first-order chi connectivity index (χ1) is 41.7. The van der Waals surface area contributed by atoms with Gasteiger partial charge in [-0.3, -0.25) is 57.6 Å². The molecule has 29 nitrogen and oxygen atoms in total. The molecule has 0 spiro atoms. The maximum Gasteiger partial charge on any atom is 0.343 e. The second-order valence-corrected chi connectivity index (χ2v) is 21.4. The number of carbonyl (C=O) groups is 11. The van der Waals surface area contributed by atoms with Gasteiger partial charge in [-0.05, 0) is 54.9 Å². The highest BCUT2D eigenvalue weighted by Crippen LogP contribution is 2.46. The van der Waals surface area contributed by atoms with Crippen molar-refractivity contribution in [3.8, 4) is 11.4 Å². The number of imide groups is 1. The van der Waals surface area contributed by atoms with Crippen molar-refractivity contribution in [1.82, 2.24) is 56.6 Å². The number of pyridine rings is 2. The van der Waals surface area contributed by atoms with E-state index in [9.17, 15) is 62.6 Å². The fraction of sp³-hybridized carbons (Fsp3) is 0.526. The lowest BCUT2D eigenvalue weighted by Gasteiger charge is -2.41. The number of hydrogen-bond donors (Lipinski definition) is 8. The minimum atomic E-state index is -2.11. The lowest BCUT2D eigenvalue weighted by Crippen LogP contribution is -2.60. The summed E-state index contributed by atoms with van der Waals surface area (Å²) in [5.41, 5.74) is 0.992. The number of fused-ring (bicyclic) bond motifs is 5. The number of halogens is 1. The molecule has 0 bridgehead atoms. The van der Waals surface area contributed by atoms with Crippen molar-refractivity contribution in [2.24, 2.45) is 5.92 Å². The minimum absolute atomic E-state index is 0.00507. The Hall–Kier alpha value is -8.58. The lowest BCUT2D eigenvalue weighted by molar-refractivity contribution is -0.177. The molecule has 10 amide bonds. The number of ether oxygens (including phenoxy) is 5. The highest BCUT2D eigenvalue weighted by molar-refractivity contribution is 6.13. The number of amides is 10. The van der Waals surface area contributed by atoms with Gasteiger partial charge in [-0.2, -0.15) is 0 Å². The first-order valence-corrected chi connectivity index (χ1v) is 28.5. The molecule has 8 N–H and O–H groups in total. The Balaban J connectivity index is 0.659. The van der Waals surface area contributed by atoms with Crippen molar-refractivity contribution in [2.45, 2.75) is 83.7 Å². The van der Waals surface area contributed by atoms with Crippen LogP contribution in [0.15, 0.2) is 29.1 Å². The van der Waals surface area contributed by atoms with E-state index in [1.807, 2.05) is 0 Å². The van der Waals surface area contributed by atoms with Gasteiger partial charge in [0.15, 0.2) is 5.60 Å². The number of nitrogens with one attached hydrogen (secondary N) is 7. The first-order valence-electron chi connectivity index (χ1n) is 28.5. The number of benzene rings is 1. The van der Waals surface area contributed by atoms with Crippen molar-refractivity contribution in [3.05, 3.63) is 73.8 Å². The molecule has 4 aliphatic heterocycles. The molecular weight excluding hydrogens is 1150 g/mol. The SMILES string of the molecule is Cc1c(F)cc2nc3c(c4c2c1CC[C@H]4NC(=O)[C@@H]1CCN1C(=O)CNC(=O)CNC(=O)CNC(=O)CNC(=O)CNC(=O)CCOCCOCCOCCOCCNC(=O)CCN1C(=O)C=CC1=O)Cn1c-3cc2c(c1=O)COC(=O)C2(O)C(C)C. The summed E-state index contributed by atoms with van der Waals surface area (Å²) in [6.45, 7) is 4.48. The van der Waals surface area contributed by atoms with E-state index in [2.05, 4.69) is 37.2 Å². The Kier molecular flexibility index (Phi) is 21.6. The van der Waals surface area contributed by atoms with Crippen LogP contribution in [0.5, 0.6) is 0 Å². The first kappa shape index (κ1) is 64.4. The summed E-state index contributed by atoms with van der Waals surface area (Å²) in [5, 5.41) is 29.7. The molecule has 6 heterocycles. The standard InChI is InChI=1S/C57H70FN11O18/c1-31(2)57(82)36-22-41-53-34(29-69(41)55(80)35(36)30-87-56(57)81)52-38(5-4-33-32(3)37(58)23-39(65-53)51(33)52)66-54(79)40-8-12-67(40)50(78)28-64-47(75)27-63-46(74)26-62-45(73)25-61-44(72)24-60-43(71)10-14-83-16-18-85-20-21-86-19-17-84-15-11-59-42(70)9-13-68-48(76)6-7-49(68)77/h6-7,22-23,31,38,40,82H,4-5,8-21,24-30H2,1-3H3,(H,59,70)(H,60,71)(H,61,72)(H,62,73)(H,63,74)(H,64,75)(H,66,79)/t38-,40+,57?/m1/s1. The van der Waals surface area contributed by atoms with E-state index in [-0.39, 0.29) is 102 Å². The van der Waals surface area contributed by atoms with E-state index < -0.39 is 127 Å².